The first-order valence-electron chi connectivity index (χ1n) is 17.1. The van der Waals surface area contributed by atoms with Crippen molar-refractivity contribution in [2.45, 2.75) is 6.92 Å². The van der Waals surface area contributed by atoms with Crippen LogP contribution in [0.4, 0.5) is 0 Å². The number of hydrogen-bond acceptors (Lipinski definition) is 4. The summed E-state index contributed by atoms with van der Waals surface area (Å²) in [4.78, 5) is 15.5. The van der Waals surface area contributed by atoms with Gasteiger partial charge in [0, 0.05) is 47.6 Å². The molecule has 10 rings (SSSR count). The summed E-state index contributed by atoms with van der Waals surface area (Å²) in [6, 6.07) is 57.9. The highest BCUT2D eigenvalue weighted by atomic mass is 32.1. The molecule has 0 aliphatic carbocycles. The third-order valence-corrected chi connectivity index (χ3v) is 10.9. The third kappa shape index (κ3) is 5.01. The number of nitrogens with zero attached hydrogens (tertiary/aromatic N) is 4. The summed E-state index contributed by atoms with van der Waals surface area (Å²) in [7, 11) is 0. The van der Waals surface area contributed by atoms with Crippen LogP contribution in [0.15, 0.2) is 164 Å². The average molecular weight is 671 g/mol. The molecule has 0 fully saturated rings. The van der Waals surface area contributed by atoms with E-state index >= 15 is 0 Å². The minimum Gasteiger partial charge on any atom is -0.309 e. The van der Waals surface area contributed by atoms with Gasteiger partial charge in [-0.3, -0.25) is 0 Å². The van der Waals surface area contributed by atoms with Crippen molar-refractivity contribution in [3.8, 4) is 51.0 Å². The lowest BCUT2D eigenvalue weighted by Gasteiger charge is -2.16. The first kappa shape index (κ1) is 29.5. The third-order valence-electron chi connectivity index (χ3n) is 9.72. The molecule has 0 unspecified atom stereocenters. The molecule has 0 bridgehead atoms. The van der Waals surface area contributed by atoms with Gasteiger partial charge in [-0.2, -0.15) is 0 Å². The van der Waals surface area contributed by atoms with E-state index < -0.39 is 0 Å². The number of rotatable bonds is 5. The van der Waals surface area contributed by atoms with E-state index in [1.807, 2.05) is 47.7 Å². The van der Waals surface area contributed by atoms with Crippen molar-refractivity contribution < 1.29 is 0 Å². The maximum absolute atomic E-state index is 5.23. The average Bonchev–Trinajstić information content (AvgIpc) is 3.73. The van der Waals surface area contributed by atoms with Crippen LogP contribution in [0.2, 0.25) is 0 Å². The fourth-order valence-electron chi connectivity index (χ4n) is 7.27. The zero-order chi connectivity index (χ0) is 33.9. The highest BCUT2D eigenvalue weighted by Gasteiger charge is 2.20. The normalized spacial score (nSPS) is 11.6. The number of thiophene rings is 1. The van der Waals surface area contributed by atoms with Gasteiger partial charge in [-0.15, -0.1) is 11.3 Å². The van der Waals surface area contributed by atoms with Crippen molar-refractivity contribution in [1.82, 2.24) is 19.5 Å². The molecule has 4 nitrogen and oxygen atoms in total. The Morgan fingerprint density at radius 1 is 0.412 bits per heavy atom. The van der Waals surface area contributed by atoms with E-state index in [2.05, 4.69) is 139 Å². The van der Waals surface area contributed by atoms with Crippen molar-refractivity contribution in [3.05, 3.63) is 169 Å². The smallest absolute Gasteiger partial charge is 0.166 e. The maximum atomic E-state index is 5.23. The van der Waals surface area contributed by atoms with Gasteiger partial charge in [0.1, 0.15) is 0 Å². The second-order valence-electron chi connectivity index (χ2n) is 13.0. The van der Waals surface area contributed by atoms with Crippen LogP contribution in [0.5, 0.6) is 0 Å². The molecule has 0 amide bonds. The molecule has 51 heavy (non-hydrogen) atoms. The fourth-order valence-corrected chi connectivity index (χ4v) is 8.36. The molecule has 10 aromatic rings. The summed E-state index contributed by atoms with van der Waals surface area (Å²) >= 11 is 1.84. The molecule has 0 N–H and O–H groups in total. The Morgan fingerprint density at radius 2 is 1.00 bits per heavy atom. The fraction of sp³-hybridized carbons (Fsp3) is 0.0217. The number of para-hydroxylation sites is 1. The molecule has 7 aromatic carbocycles. The van der Waals surface area contributed by atoms with Gasteiger partial charge >= 0.3 is 0 Å². The standard InChI is InChI=1S/C46H30N4S/c1-29-20-23-40-36(26-29)34-16-8-10-18-39(34)50(40)41-24-21-32(33-22-25-43-37(27-33)35-17-9-11-19-42(35)51-43)28-38(41)46-48-44(30-12-4-2-5-13-30)47-45(49-46)31-14-6-3-7-15-31/h2-28H,1H3. The van der Waals surface area contributed by atoms with Crippen LogP contribution in [0.3, 0.4) is 0 Å². The Bertz CT molecular complexity index is 2870. The molecule has 5 heteroatoms. The van der Waals surface area contributed by atoms with Gasteiger partial charge in [0.05, 0.1) is 16.7 Å². The van der Waals surface area contributed by atoms with E-state index in [0.717, 1.165) is 44.5 Å². The van der Waals surface area contributed by atoms with Gasteiger partial charge in [0.25, 0.3) is 0 Å². The van der Waals surface area contributed by atoms with E-state index in [-0.39, 0.29) is 0 Å². The SMILES string of the molecule is Cc1ccc2c(c1)c1ccccc1n2-c1ccc(-c2ccc3sc4ccccc4c3c2)cc1-c1nc(-c2ccccc2)nc(-c2ccccc2)n1. The Kier molecular flexibility index (Phi) is 6.86. The summed E-state index contributed by atoms with van der Waals surface area (Å²) < 4.78 is 4.96. The van der Waals surface area contributed by atoms with Crippen LogP contribution in [0, 0.1) is 6.92 Å². The molecule has 0 radical (unpaired) electrons. The summed E-state index contributed by atoms with van der Waals surface area (Å²) in [6.45, 7) is 2.15. The summed E-state index contributed by atoms with van der Waals surface area (Å²) in [5.41, 5.74) is 9.60. The Balaban J connectivity index is 1.27. The van der Waals surface area contributed by atoms with Crippen molar-refractivity contribution in [2.75, 3.05) is 0 Å². The summed E-state index contributed by atoms with van der Waals surface area (Å²) in [6.07, 6.45) is 0. The van der Waals surface area contributed by atoms with E-state index in [0.29, 0.717) is 17.5 Å². The van der Waals surface area contributed by atoms with E-state index in [9.17, 15) is 0 Å². The first-order valence-corrected chi connectivity index (χ1v) is 17.9. The largest absolute Gasteiger partial charge is 0.309 e. The van der Waals surface area contributed by atoms with Gasteiger partial charge < -0.3 is 4.57 Å². The van der Waals surface area contributed by atoms with Crippen molar-refractivity contribution >= 4 is 53.3 Å². The second kappa shape index (κ2) is 11.9. The molecule has 0 aliphatic heterocycles. The van der Waals surface area contributed by atoms with Gasteiger partial charge in [-0.25, -0.2) is 15.0 Å². The lowest BCUT2D eigenvalue weighted by atomic mass is 9.99. The van der Waals surface area contributed by atoms with E-state index in [1.54, 1.807) is 0 Å². The minimum absolute atomic E-state index is 0.625. The van der Waals surface area contributed by atoms with Gasteiger partial charge in [0.2, 0.25) is 0 Å². The van der Waals surface area contributed by atoms with Gasteiger partial charge in [-0.05, 0) is 66.6 Å². The molecule has 240 valence electrons. The van der Waals surface area contributed by atoms with Crippen LogP contribution >= 0.6 is 11.3 Å². The molecule has 0 saturated carbocycles. The lowest BCUT2D eigenvalue weighted by Crippen LogP contribution is -2.04. The molecule has 0 atom stereocenters. The van der Waals surface area contributed by atoms with E-state index in [1.165, 1.54) is 36.5 Å². The number of benzene rings is 7. The van der Waals surface area contributed by atoms with Crippen LogP contribution in [0.25, 0.3) is 93.0 Å². The molecule has 3 aromatic heterocycles. The zero-order valence-electron chi connectivity index (χ0n) is 27.8. The molecule has 0 saturated heterocycles. The number of fused-ring (bicyclic) bond motifs is 6. The molecule has 0 spiro atoms. The second-order valence-corrected chi connectivity index (χ2v) is 14.0. The number of aromatic nitrogens is 4. The van der Waals surface area contributed by atoms with E-state index in [4.69, 9.17) is 15.0 Å². The highest BCUT2D eigenvalue weighted by molar-refractivity contribution is 7.25. The quantitative estimate of drug-likeness (QED) is 0.183. The highest BCUT2D eigenvalue weighted by Crippen LogP contribution is 2.40. The molecule has 3 heterocycles. The number of aryl methyl sites for hydroxylation is 1. The van der Waals surface area contributed by atoms with Crippen LogP contribution in [-0.2, 0) is 0 Å². The van der Waals surface area contributed by atoms with Crippen molar-refractivity contribution in [3.63, 3.8) is 0 Å². The molecular weight excluding hydrogens is 641 g/mol. The predicted molar refractivity (Wildman–Crippen MR) is 214 cm³/mol. The molecular formula is C46H30N4S. The number of hydrogen-bond donors (Lipinski definition) is 0. The molecule has 0 aliphatic rings. The lowest BCUT2D eigenvalue weighted by molar-refractivity contribution is 1.06. The van der Waals surface area contributed by atoms with Crippen LogP contribution in [0.1, 0.15) is 5.56 Å². The Labute approximate surface area is 299 Å². The van der Waals surface area contributed by atoms with Crippen molar-refractivity contribution in [1.29, 1.82) is 0 Å². The zero-order valence-corrected chi connectivity index (χ0v) is 28.6. The predicted octanol–water partition coefficient (Wildman–Crippen LogP) is 12.3. The monoisotopic (exact) mass is 670 g/mol. The summed E-state index contributed by atoms with van der Waals surface area (Å²) in [5, 5.41) is 5.00. The summed E-state index contributed by atoms with van der Waals surface area (Å²) in [5.74, 6) is 1.90. The van der Waals surface area contributed by atoms with Gasteiger partial charge in [0.15, 0.2) is 17.5 Å². The van der Waals surface area contributed by atoms with Crippen LogP contribution < -0.4 is 0 Å². The van der Waals surface area contributed by atoms with Crippen molar-refractivity contribution in [2.24, 2.45) is 0 Å². The van der Waals surface area contributed by atoms with Crippen LogP contribution in [-0.4, -0.2) is 19.5 Å². The maximum Gasteiger partial charge on any atom is 0.166 e. The Hall–Kier alpha value is -6.43. The topological polar surface area (TPSA) is 43.6 Å². The minimum atomic E-state index is 0.625. The Morgan fingerprint density at radius 3 is 1.76 bits per heavy atom. The van der Waals surface area contributed by atoms with Gasteiger partial charge in [-0.1, -0.05) is 121 Å². The first-order chi connectivity index (χ1) is 25.2.